The van der Waals surface area contributed by atoms with Gasteiger partial charge in [0, 0.05) is 17.5 Å². The van der Waals surface area contributed by atoms with Crippen molar-refractivity contribution in [2.75, 3.05) is 18.5 Å². The lowest BCUT2D eigenvalue weighted by molar-refractivity contribution is -0.131. The fourth-order valence-electron chi connectivity index (χ4n) is 1.88. The lowest BCUT2D eigenvalue weighted by atomic mass is 9.95. The van der Waals surface area contributed by atoms with Crippen LogP contribution in [0.3, 0.4) is 0 Å². The van der Waals surface area contributed by atoms with Crippen LogP contribution >= 0.6 is 11.6 Å². The van der Waals surface area contributed by atoms with E-state index in [1.54, 1.807) is 39.8 Å². The van der Waals surface area contributed by atoms with Crippen molar-refractivity contribution < 1.29 is 19.1 Å². The number of amides is 2. The molecule has 1 atom stereocenters. The van der Waals surface area contributed by atoms with Gasteiger partial charge in [0.05, 0.1) is 10.7 Å². The third kappa shape index (κ3) is 4.28. The topological polar surface area (TPSA) is 76.7 Å². The average Bonchev–Trinajstić information content (AvgIpc) is 2.46. The van der Waals surface area contributed by atoms with Gasteiger partial charge in [0.25, 0.3) is 0 Å². The largest absolute Gasteiger partial charge is 0.486 e. The Morgan fingerprint density at radius 1 is 1.17 bits per heavy atom. The Kier molecular flexibility index (Phi) is 5.04. The molecule has 0 saturated carbocycles. The summed E-state index contributed by atoms with van der Waals surface area (Å²) >= 11 is 6.15. The van der Waals surface area contributed by atoms with E-state index < -0.39 is 11.5 Å². The van der Waals surface area contributed by atoms with Crippen molar-refractivity contribution >= 4 is 29.1 Å². The number of hydrogen-bond acceptors (Lipinski definition) is 4. The maximum Gasteiger partial charge on any atom is 0.246 e. The first kappa shape index (κ1) is 17.4. The summed E-state index contributed by atoms with van der Waals surface area (Å²) < 4.78 is 10.9. The minimum absolute atomic E-state index is 0.201. The molecular formula is C16H21ClN2O4. The Labute approximate surface area is 140 Å². The van der Waals surface area contributed by atoms with Gasteiger partial charge in [-0.3, -0.25) is 9.59 Å². The molecule has 1 heterocycles. The number of benzene rings is 1. The normalized spacial score (nSPS) is 14.8. The summed E-state index contributed by atoms with van der Waals surface area (Å²) in [6.45, 7) is 7.87. The summed E-state index contributed by atoms with van der Waals surface area (Å²) in [5.41, 5.74) is -0.152. The third-order valence-corrected chi connectivity index (χ3v) is 3.62. The van der Waals surface area contributed by atoms with Crippen molar-refractivity contribution in [1.29, 1.82) is 0 Å². The summed E-state index contributed by atoms with van der Waals surface area (Å²) in [4.78, 5) is 24.2. The van der Waals surface area contributed by atoms with Crippen molar-refractivity contribution in [2.45, 2.75) is 33.7 Å². The molecule has 0 aliphatic carbocycles. The molecular weight excluding hydrogens is 320 g/mol. The zero-order valence-corrected chi connectivity index (χ0v) is 14.4. The highest BCUT2D eigenvalue weighted by atomic mass is 35.5. The van der Waals surface area contributed by atoms with Gasteiger partial charge in [-0.25, -0.2) is 0 Å². The van der Waals surface area contributed by atoms with E-state index in [9.17, 15) is 9.59 Å². The highest BCUT2D eigenvalue weighted by Gasteiger charge is 2.25. The van der Waals surface area contributed by atoms with E-state index in [0.29, 0.717) is 35.4 Å². The molecule has 1 unspecified atom stereocenters. The molecule has 2 amide bonds. The number of nitrogens with one attached hydrogen (secondary N) is 2. The Hall–Kier alpha value is -1.95. The SMILES string of the molecule is CC(NC(=O)C(C)(C)C)C(=O)Nc1cc2c(cc1Cl)OCCO2. The minimum Gasteiger partial charge on any atom is -0.486 e. The second-order valence-electron chi connectivity index (χ2n) is 6.41. The molecule has 0 bridgehead atoms. The maximum absolute atomic E-state index is 12.2. The molecule has 0 spiro atoms. The third-order valence-electron chi connectivity index (χ3n) is 3.31. The standard InChI is InChI=1S/C16H21ClN2O4/c1-9(18-15(21)16(2,3)4)14(20)19-11-8-13-12(7-10(11)17)22-5-6-23-13/h7-9H,5-6H2,1-4H3,(H,18,21)(H,19,20). The first-order chi connectivity index (χ1) is 10.7. The molecule has 0 fully saturated rings. The van der Waals surface area contributed by atoms with Crippen LogP contribution in [0.2, 0.25) is 5.02 Å². The van der Waals surface area contributed by atoms with Crippen LogP contribution in [0, 0.1) is 5.41 Å². The molecule has 1 aromatic carbocycles. The number of halogens is 1. The molecule has 2 rings (SSSR count). The monoisotopic (exact) mass is 340 g/mol. The lowest BCUT2D eigenvalue weighted by Crippen LogP contribution is -2.46. The molecule has 126 valence electrons. The first-order valence-electron chi connectivity index (χ1n) is 7.39. The van der Waals surface area contributed by atoms with E-state index in [4.69, 9.17) is 21.1 Å². The van der Waals surface area contributed by atoms with Gasteiger partial charge in [0.1, 0.15) is 19.3 Å². The zero-order chi connectivity index (χ0) is 17.2. The second kappa shape index (κ2) is 6.66. The van der Waals surface area contributed by atoms with Gasteiger partial charge in [-0.2, -0.15) is 0 Å². The van der Waals surface area contributed by atoms with E-state index in [1.807, 2.05) is 0 Å². The van der Waals surface area contributed by atoms with Crippen LogP contribution in [0.1, 0.15) is 27.7 Å². The quantitative estimate of drug-likeness (QED) is 0.886. The second-order valence-corrected chi connectivity index (χ2v) is 6.82. The summed E-state index contributed by atoms with van der Waals surface area (Å²) in [6, 6.07) is 2.53. The van der Waals surface area contributed by atoms with Gasteiger partial charge in [0.15, 0.2) is 11.5 Å². The number of ether oxygens (including phenoxy) is 2. The zero-order valence-electron chi connectivity index (χ0n) is 13.7. The van der Waals surface area contributed by atoms with Crippen LogP contribution < -0.4 is 20.1 Å². The smallest absolute Gasteiger partial charge is 0.246 e. The number of fused-ring (bicyclic) bond motifs is 1. The van der Waals surface area contributed by atoms with E-state index in [0.717, 1.165) is 0 Å². The van der Waals surface area contributed by atoms with Crippen molar-refractivity contribution in [3.8, 4) is 11.5 Å². The predicted molar refractivity (Wildman–Crippen MR) is 88.1 cm³/mol. The number of carbonyl (C=O) groups excluding carboxylic acids is 2. The molecule has 6 nitrogen and oxygen atoms in total. The van der Waals surface area contributed by atoms with Crippen LogP contribution in [0.4, 0.5) is 5.69 Å². The Bertz CT molecular complexity index is 625. The first-order valence-corrected chi connectivity index (χ1v) is 7.77. The minimum atomic E-state index is -0.689. The summed E-state index contributed by atoms with van der Waals surface area (Å²) in [7, 11) is 0. The van der Waals surface area contributed by atoms with Gasteiger partial charge in [-0.1, -0.05) is 32.4 Å². The molecule has 23 heavy (non-hydrogen) atoms. The van der Waals surface area contributed by atoms with Crippen molar-refractivity contribution in [3.05, 3.63) is 17.2 Å². The van der Waals surface area contributed by atoms with E-state index in [1.165, 1.54) is 0 Å². The van der Waals surface area contributed by atoms with Crippen LogP contribution in [0.15, 0.2) is 12.1 Å². The van der Waals surface area contributed by atoms with E-state index in [2.05, 4.69) is 10.6 Å². The highest BCUT2D eigenvalue weighted by molar-refractivity contribution is 6.34. The lowest BCUT2D eigenvalue weighted by Gasteiger charge is -2.22. The molecule has 1 aromatic rings. The fourth-order valence-corrected chi connectivity index (χ4v) is 2.08. The van der Waals surface area contributed by atoms with Crippen LogP contribution in [-0.4, -0.2) is 31.1 Å². The molecule has 2 N–H and O–H groups in total. The van der Waals surface area contributed by atoms with Crippen molar-refractivity contribution in [1.82, 2.24) is 5.32 Å². The van der Waals surface area contributed by atoms with Crippen LogP contribution in [0.25, 0.3) is 0 Å². The average molecular weight is 341 g/mol. The van der Waals surface area contributed by atoms with Gasteiger partial charge in [-0.05, 0) is 6.92 Å². The van der Waals surface area contributed by atoms with Crippen molar-refractivity contribution in [3.63, 3.8) is 0 Å². The Morgan fingerprint density at radius 2 is 1.74 bits per heavy atom. The number of carbonyl (C=O) groups is 2. The number of anilines is 1. The van der Waals surface area contributed by atoms with Gasteiger partial charge < -0.3 is 20.1 Å². The maximum atomic E-state index is 12.2. The predicted octanol–water partition coefficient (Wildman–Crippen LogP) is 2.60. The molecule has 0 aromatic heterocycles. The molecule has 0 saturated heterocycles. The van der Waals surface area contributed by atoms with Gasteiger partial charge >= 0.3 is 0 Å². The highest BCUT2D eigenvalue weighted by Crippen LogP contribution is 2.37. The Morgan fingerprint density at radius 3 is 2.30 bits per heavy atom. The van der Waals surface area contributed by atoms with Crippen LogP contribution in [0.5, 0.6) is 11.5 Å². The summed E-state index contributed by atoms with van der Waals surface area (Å²) in [5.74, 6) is 0.519. The van der Waals surface area contributed by atoms with Crippen LogP contribution in [-0.2, 0) is 9.59 Å². The van der Waals surface area contributed by atoms with E-state index >= 15 is 0 Å². The van der Waals surface area contributed by atoms with Gasteiger partial charge in [-0.15, -0.1) is 0 Å². The van der Waals surface area contributed by atoms with Gasteiger partial charge in [0.2, 0.25) is 11.8 Å². The molecule has 7 heteroatoms. The molecule has 0 radical (unpaired) electrons. The summed E-state index contributed by atoms with van der Waals surface area (Å²) in [5, 5.41) is 5.71. The summed E-state index contributed by atoms with van der Waals surface area (Å²) in [6.07, 6.45) is 0. The number of hydrogen-bond donors (Lipinski definition) is 2. The van der Waals surface area contributed by atoms with E-state index in [-0.39, 0.29) is 11.8 Å². The fraction of sp³-hybridized carbons (Fsp3) is 0.500. The Balaban J connectivity index is 2.06. The number of rotatable bonds is 3. The van der Waals surface area contributed by atoms with Crippen molar-refractivity contribution in [2.24, 2.45) is 5.41 Å². The molecule has 1 aliphatic rings. The molecule has 1 aliphatic heterocycles.